The number of aliphatic carboxylic acids is 1. The predicted molar refractivity (Wildman–Crippen MR) is 62.5 cm³/mol. The Morgan fingerprint density at radius 3 is 2.53 bits per heavy atom. The Morgan fingerprint density at radius 2 is 2.00 bits per heavy atom. The van der Waals surface area contributed by atoms with Gasteiger partial charge >= 0.3 is 11.9 Å². The molecule has 0 atom stereocenters. The van der Waals surface area contributed by atoms with Crippen molar-refractivity contribution in [1.29, 1.82) is 0 Å². The van der Waals surface area contributed by atoms with Gasteiger partial charge in [-0.05, 0) is 19.1 Å². The molecular formula is C11H10ClNO4. The van der Waals surface area contributed by atoms with Gasteiger partial charge in [0.25, 0.3) is 0 Å². The molecule has 0 radical (unpaired) electrons. The minimum atomic E-state index is -1.62. The molecule has 0 saturated carbocycles. The molecule has 2 N–H and O–H groups in total. The average molecular weight is 256 g/mol. The second-order valence-electron chi connectivity index (χ2n) is 3.37. The molecule has 0 bridgehead atoms. The molecule has 0 aliphatic heterocycles. The van der Waals surface area contributed by atoms with Crippen molar-refractivity contribution in [2.75, 3.05) is 11.2 Å². The maximum absolute atomic E-state index is 11.5. The average Bonchev–Trinajstić information content (AvgIpc) is 2.30. The summed E-state index contributed by atoms with van der Waals surface area (Å²) < 4.78 is 0. The van der Waals surface area contributed by atoms with E-state index in [1.807, 2.05) is 0 Å². The third-order valence-electron chi connectivity index (χ3n) is 2.04. The number of amides is 1. The Bertz CT molecular complexity index is 484. The van der Waals surface area contributed by atoms with Crippen molar-refractivity contribution in [3.63, 3.8) is 0 Å². The zero-order valence-electron chi connectivity index (χ0n) is 8.99. The molecule has 0 saturated heterocycles. The van der Waals surface area contributed by atoms with Crippen LogP contribution in [0.4, 0.5) is 5.69 Å². The van der Waals surface area contributed by atoms with Gasteiger partial charge in [0.05, 0.1) is 11.6 Å². The van der Waals surface area contributed by atoms with Crippen LogP contribution in [0.15, 0.2) is 18.2 Å². The van der Waals surface area contributed by atoms with E-state index in [2.05, 4.69) is 5.32 Å². The highest BCUT2D eigenvalue weighted by Crippen LogP contribution is 2.18. The maximum Gasteiger partial charge on any atom is 0.394 e. The Kier molecular flexibility index (Phi) is 4.23. The first-order valence-electron chi connectivity index (χ1n) is 4.69. The summed E-state index contributed by atoms with van der Waals surface area (Å²) in [6, 6.07) is 4.67. The number of carboxylic acids is 1. The van der Waals surface area contributed by atoms with Crippen LogP contribution in [-0.2, 0) is 9.59 Å². The van der Waals surface area contributed by atoms with Crippen LogP contribution in [-0.4, -0.2) is 28.6 Å². The molecule has 0 unspecified atom stereocenters. The van der Waals surface area contributed by atoms with Crippen LogP contribution in [0.2, 0.25) is 0 Å². The lowest BCUT2D eigenvalue weighted by molar-refractivity contribution is -0.147. The molecule has 5 nitrogen and oxygen atoms in total. The summed E-state index contributed by atoms with van der Waals surface area (Å²) in [4.78, 5) is 32.9. The van der Waals surface area contributed by atoms with Gasteiger partial charge in [-0.3, -0.25) is 9.59 Å². The molecule has 6 heteroatoms. The zero-order chi connectivity index (χ0) is 13.0. The van der Waals surface area contributed by atoms with Crippen molar-refractivity contribution in [1.82, 2.24) is 0 Å². The van der Waals surface area contributed by atoms with Crippen molar-refractivity contribution in [2.24, 2.45) is 0 Å². The SMILES string of the molecule is Cc1ccc(NC(=O)C(=O)O)c(C(=O)CCl)c1. The maximum atomic E-state index is 11.5. The molecule has 90 valence electrons. The van der Waals surface area contributed by atoms with Gasteiger partial charge in [0.15, 0.2) is 5.78 Å². The normalized spacial score (nSPS) is 9.76. The first kappa shape index (κ1) is 13.2. The van der Waals surface area contributed by atoms with Crippen LogP contribution in [0.5, 0.6) is 0 Å². The van der Waals surface area contributed by atoms with Gasteiger partial charge in [0.1, 0.15) is 0 Å². The number of nitrogens with one attached hydrogen (secondary N) is 1. The van der Waals surface area contributed by atoms with E-state index in [1.54, 1.807) is 19.1 Å². The number of carbonyl (C=O) groups excluding carboxylic acids is 2. The number of Topliss-reactive ketones (excluding diaryl/α,β-unsaturated/α-hetero) is 1. The smallest absolute Gasteiger partial charge is 0.394 e. The summed E-state index contributed by atoms with van der Waals surface area (Å²) >= 11 is 5.43. The van der Waals surface area contributed by atoms with E-state index in [4.69, 9.17) is 16.7 Å². The first-order chi connectivity index (χ1) is 7.95. The predicted octanol–water partition coefficient (Wildman–Crippen LogP) is 1.44. The highest BCUT2D eigenvalue weighted by molar-refractivity contribution is 6.37. The van der Waals surface area contributed by atoms with Gasteiger partial charge in [0, 0.05) is 5.56 Å². The Balaban J connectivity index is 3.10. The number of hydrogen-bond donors (Lipinski definition) is 2. The quantitative estimate of drug-likeness (QED) is 0.486. The Morgan fingerprint density at radius 1 is 1.35 bits per heavy atom. The number of ketones is 1. The molecule has 1 aromatic rings. The highest BCUT2D eigenvalue weighted by Gasteiger charge is 2.16. The molecule has 0 fully saturated rings. The van der Waals surface area contributed by atoms with E-state index in [-0.39, 0.29) is 22.9 Å². The number of hydrogen-bond acceptors (Lipinski definition) is 3. The number of carbonyl (C=O) groups is 3. The van der Waals surface area contributed by atoms with Crippen LogP contribution in [0.25, 0.3) is 0 Å². The second-order valence-corrected chi connectivity index (χ2v) is 3.63. The fraction of sp³-hybridized carbons (Fsp3) is 0.182. The van der Waals surface area contributed by atoms with Crippen molar-refractivity contribution in [3.05, 3.63) is 29.3 Å². The first-order valence-corrected chi connectivity index (χ1v) is 5.23. The second kappa shape index (κ2) is 5.45. The summed E-state index contributed by atoms with van der Waals surface area (Å²) in [5, 5.41) is 10.6. The van der Waals surface area contributed by atoms with Crippen LogP contribution in [0.1, 0.15) is 15.9 Å². The number of aryl methyl sites for hydroxylation is 1. The van der Waals surface area contributed by atoms with Crippen molar-refractivity contribution in [3.8, 4) is 0 Å². The van der Waals surface area contributed by atoms with Crippen molar-refractivity contribution >= 4 is 34.9 Å². The fourth-order valence-corrected chi connectivity index (χ4v) is 1.39. The topological polar surface area (TPSA) is 83.5 Å². The van der Waals surface area contributed by atoms with E-state index in [0.717, 1.165) is 5.56 Å². The van der Waals surface area contributed by atoms with Crippen molar-refractivity contribution < 1.29 is 19.5 Å². The minimum absolute atomic E-state index is 0.147. The molecular weight excluding hydrogens is 246 g/mol. The third kappa shape index (κ3) is 3.29. The van der Waals surface area contributed by atoms with Gasteiger partial charge in [0.2, 0.25) is 0 Å². The fourth-order valence-electron chi connectivity index (χ4n) is 1.25. The molecule has 1 rings (SSSR count). The summed E-state index contributed by atoms with van der Waals surface area (Å²) in [7, 11) is 0. The number of benzene rings is 1. The number of anilines is 1. The van der Waals surface area contributed by atoms with Crippen LogP contribution < -0.4 is 5.32 Å². The van der Waals surface area contributed by atoms with Crippen LogP contribution in [0, 0.1) is 6.92 Å². The van der Waals surface area contributed by atoms with E-state index in [9.17, 15) is 14.4 Å². The third-order valence-corrected chi connectivity index (χ3v) is 2.28. The Hall–Kier alpha value is -1.88. The standard InChI is InChI=1S/C11H10ClNO4/c1-6-2-3-8(13-10(15)11(16)17)7(4-6)9(14)5-12/h2-4H,5H2,1H3,(H,13,15)(H,16,17). The van der Waals surface area contributed by atoms with E-state index in [0.29, 0.717) is 0 Å². The number of carboxylic acid groups (broad SMARTS) is 1. The summed E-state index contributed by atoms with van der Waals surface area (Å²) in [5.41, 5.74) is 1.16. The molecule has 0 aromatic heterocycles. The largest absolute Gasteiger partial charge is 0.474 e. The van der Waals surface area contributed by atoms with Crippen LogP contribution in [0.3, 0.4) is 0 Å². The van der Waals surface area contributed by atoms with Gasteiger partial charge < -0.3 is 10.4 Å². The molecule has 1 aromatic carbocycles. The van der Waals surface area contributed by atoms with E-state index < -0.39 is 11.9 Å². The highest BCUT2D eigenvalue weighted by atomic mass is 35.5. The lowest BCUT2D eigenvalue weighted by Crippen LogP contribution is -2.23. The lowest BCUT2D eigenvalue weighted by atomic mass is 10.1. The monoisotopic (exact) mass is 255 g/mol. The number of alkyl halides is 1. The summed E-state index contributed by atoms with van der Waals surface area (Å²) in [6.07, 6.45) is 0. The van der Waals surface area contributed by atoms with Crippen LogP contribution >= 0.6 is 11.6 Å². The van der Waals surface area contributed by atoms with Gasteiger partial charge in [-0.25, -0.2) is 4.79 Å². The van der Waals surface area contributed by atoms with Gasteiger partial charge in [-0.15, -0.1) is 11.6 Å². The molecule has 0 aliphatic rings. The molecule has 0 spiro atoms. The summed E-state index contributed by atoms with van der Waals surface area (Å²) in [6.45, 7) is 1.77. The van der Waals surface area contributed by atoms with E-state index >= 15 is 0 Å². The van der Waals surface area contributed by atoms with Gasteiger partial charge in [-0.1, -0.05) is 11.6 Å². The Labute approximate surface area is 102 Å². The minimum Gasteiger partial charge on any atom is -0.474 e. The zero-order valence-corrected chi connectivity index (χ0v) is 9.75. The van der Waals surface area contributed by atoms with E-state index in [1.165, 1.54) is 6.07 Å². The molecule has 0 aliphatic carbocycles. The van der Waals surface area contributed by atoms with Crippen molar-refractivity contribution in [2.45, 2.75) is 6.92 Å². The summed E-state index contributed by atoms with van der Waals surface area (Å²) in [5.74, 6) is -3.43. The molecule has 0 heterocycles. The lowest BCUT2D eigenvalue weighted by Gasteiger charge is -2.08. The molecule has 17 heavy (non-hydrogen) atoms. The number of halogens is 1. The molecule has 1 amide bonds. The van der Waals surface area contributed by atoms with Gasteiger partial charge in [-0.2, -0.15) is 0 Å². The number of rotatable bonds is 3.